The molecule has 0 aliphatic carbocycles. The Bertz CT molecular complexity index is 1010. The van der Waals surface area contributed by atoms with Crippen molar-refractivity contribution < 1.29 is 4.79 Å². The summed E-state index contributed by atoms with van der Waals surface area (Å²) < 4.78 is 0. The third-order valence-electron chi connectivity index (χ3n) is 5.41. The van der Waals surface area contributed by atoms with Gasteiger partial charge in [-0.1, -0.05) is 42.1 Å². The molecule has 5 nitrogen and oxygen atoms in total. The Morgan fingerprint density at radius 2 is 1.79 bits per heavy atom. The Kier molecular flexibility index (Phi) is 6.18. The minimum absolute atomic E-state index is 0.198. The van der Waals surface area contributed by atoms with E-state index >= 15 is 0 Å². The van der Waals surface area contributed by atoms with Crippen LogP contribution >= 0.6 is 23.1 Å². The first-order chi connectivity index (χ1) is 14.0. The zero-order chi connectivity index (χ0) is 20.4. The van der Waals surface area contributed by atoms with E-state index < -0.39 is 0 Å². The lowest BCUT2D eigenvalue weighted by molar-refractivity contribution is -0.130. The van der Waals surface area contributed by atoms with Crippen LogP contribution in [0.4, 0.5) is 0 Å². The summed E-state index contributed by atoms with van der Waals surface area (Å²) in [5.41, 5.74) is 2.56. The minimum Gasteiger partial charge on any atom is -0.339 e. The summed E-state index contributed by atoms with van der Waals surface area (Å²) >= 11 is 3.25. The molecule has 0 unspecified atom stereocenters. The van der Waals surface area contributed by atoms with Crippen LogP contribution in [-0.2, 0) is 11.3 Å². The molecule has 0 bridgehead atoms. The van der Waals surface area contributed by atoms with Gasteiger partial charge in [-0.25, -0.2) is 9.97 Å². The molecule has 0 spiro atoms. The highest BCUT2D eigenvalue weighted by Crippen LogP contribution is 2.35. The number of amides is 1. The monoisotopic (exact) mass is 426 g/mol. The molecule has 0 saturated carbocycles. The number of fused-ring (bicyclic) bond motifs is 1. The van der Waals surface area contributed by atoms with Crippen LogP contribution in [0.15, 0.2) is 35.4 Å². The Labute approximate surface area is 180 Å². The molecule has 4 rings (SSSR count). The van der Waals surface area contributed by atoms with Crippen LogP contribution in [0.2, 0.25) is 0 Å². The number of benzene rings is 1. The SMILES string of the molecule is Cc1nc(SCC(=O)N2CCN(Cc3ccccc3)CC2)c2c(C)c(C)sc2n1. The number of thioether (sulfide) groups is 1. The van der Waals surface area contributed by atoms with Crippen LogP contribution in [0.1, 0.15) is 21.8 Å². The highest BCUT2D eigenvalue weighted by molar-refractivity contribution is 8.00. The Morgan fingerprint density at radius 3 is 2.52 bits per heavy atom. The molecule has 1 saturated heterocycles. The van der Waals surface area contributed by atoms with Crippen molar-refractivity contribution >= 4 is 39.2 Å². The highest BCUT2D eigenvalue weighted by atomic mass is 32.2. The maximum absolute atomic E-state index is 12.8. The van der Waals surface area contributed by atoms with Crippen LogP contribution in [-0.4, -0.2) is 57.6 Å². The van der Waals surface area contributed by atoms with Crippen LogP contribution < -0.4 is 0 Å². The van der Waals surface area contributed by atoms with Crippen LogP contribution in [0, 0.1) is 20.8 Å². The van der Waals surface area contributed by atoms with Crippen molar-refractivity contribution in [2.75, 3.05) is 31.9 Å². The van der Waals surface area contributed by atoms with Gasteiger partial charge in [0, 0.05) is 43.0 Å². The van der Waals surface area contributed by atoms with Gasteiger partial charge in [-0.05, 0) is 31.9 Å². The number of hydrogen-bond donors (Lipinski definition) is 0. The van der Waals surface area contributed by atoms with Crippen LogP contribution in [0.25, 0.3) is 10.2 Å². The van der Waals surface area contributed by atoms with Gasteiger partial charge in [0.2, 0.25) is 5.91 Å². The van der Waals surface area contributed by atoms with Gasteiger partial charge in [-0.15, -0.1) is 11.3 Å². The summed E-state index contributed by atoms with van der Waals surface area (Å²) in [6.07, 6.45) is 0. The number of aromatic nitrogens is 2. The molecule has 7 heteroatoms. The fraction of sp³-hybridized carbons (Fsp3) is 0.409. The van der Waals surface area contributed by atoms with Crippen LogP contribution in [0.5, 0.6) is 0 Å². The van der Waals surface area contributed by atoms with Gasteiger partial charge in [0.25, 0.3) is 0 Å². The molecule has 1 fully saturated rings. The topological polar surface area (TPSA) is 49.3 Å². The van der Waals surface area contributed by atoms with E-state index in [4.69, 9.17) is 0 Å². The van der Waals surface area contributed by atoms with E-state index in [-0.39, 0.29) is 5.91 Å². The first-order valence-electron chi connectivity index (χ1n) is 9.92. The van der Waals surface area contributed by atoms with Crippen molar-refractivity contribution in [2.45, 2.75) is 32.3 Å². The molecule has 2 aromatic heterocycles. The third kappa shape index (κ3) is 4.63. The molecular formula is C22H26N4OS2. The van der Waals surface area contributed by atoms with Gasteiger partial charge in [-0.2, -0.15) is 0 Å². The number of carbonyl (C=O) groups excluding carboxylic acids is 1. The molecule has 1 aromatic carbocycles. The quantitative estimate of drug-likeness (QED) is 0.455. The van der Waals surface area contributed by atoms with Crippen LogP contribution in [0.3, 0.4) is 0 Å². The number of rotatable bonds is 5. The summed E-state index contributed by atoms with van der Waals surface area (Å²) in [5.74, 6) is 1.39. The summed E-state index contributed by atoms with van der Waals surface area (Å²) in [4.78, 5) is 28.7. The fourth-order valence-electron chi connectivity index (χ4n) is 3.64. The normalized spacial score (nSPS) is 15.2. The van der Waals surface area contributed by atoms with Crippen molar-refractivity contribution in [1.82, 2.24) is 19.8 Å². The van der Waals surface area contributed by atoms with Gasteiger partial charge in [-0.3, -0.25) is 9.69 Å². The second kappa shape index (κ2) is 8.81. The molecule has 1 amide bonds. The molecule has 3 aromatic rings. The van der Waals surface area contributed by atoms with Crippen molar-refractivity contribution in [3.05, 3.63) is 52.2 Å². The van der Waals surface area contributed by atoms with E-state index in [9.17, 15) is 4.79 Å². The summed E-state index contributed by atoms with van der Waals surface area (Å²) in [7, 11) is 0. The van der Waals surface area contributed by atoms with E-state index in [1.807, 2.05) is 17.9 Å². The lowest BCUT2D eigenvalue weighted by atomic mass is 10.2. The molecule has 0 N–H and O–H groups in total. The molecule has 0 atom stereocenters. The second-order valence-corrected chi connectivity index (χ2v) is 9.64. The molecule has 1 aliphatic rings. The third-order valence-corrected chi connectivity index (χ3v) is 7.47. The molecule has 0 radical (unpaired) electrons. The maximum Gasteiger partial charge on any atom is 0.233 e. The van der Waals surface area contributed by atoms with E-state index in [1.54, 1.807) is 23.1 Å². The lowest BCUT2D eigenvalue weighted by Crippen LogP contribution is -2.48. The fourth-order valence-corrected chi connectivity index (χ4v) is 5.81. The Morgan fingerprint density at radius 1 is 1.07 bits per heavy atom. The highest BCUT2D eigenvalue weighted by Gasteiger charge is 2.22. The number of thiophene rings is 1. The number of carbonyl (C=O) groups is 1. The number of aryl methyl sites for hydroxylation is 3. The Hall–Kier alpha value is -1.96. The largest absolute Gasteiger partial charge is 0.339 e. The van der Waals surface area contributed by atoms with E-state index in [2.05, 4.69) is 53.0 Å². The second-order valence-electron chi connectivity index (χ2n) is 7.47. The average Bonchev–Trinajstić information content (AvgIpc) is 3.00. The standard InChI is InChI=1S/C22H26N4OS2/c1-15-16(2)29-22-20(15)21(23-17(3)24-22)28-14-19(27)26-11-9-25(10-12-26)13-18-7-5-4-6-8-18/h4-8H,9-14H2,1-3H3. The first-order valence-corrected chi connectivity index (χ1v) is 11.7. The van der Waals surface area contributed by atoms with Gasteiger partial charge in [0.1, 0.15) is 15.7 Å². The zero-order valence-corrected chi connectivity index (χ0v) is 18.8. The molecule has 3 heterocycles. The summed E-state index contributed by atoms with van der Waals surface area (Å²) in [6.45, 7) is 10.5. The zero-order valence-electron chi connectivity index (χ0n) is 17.1. The number of nitrogens with zero attached hydrogens (tertiary/aromatic N) is 4. The van der Waals surface area contributed by atoms with E-state index in [1.165, 1.54) is 16.0 Å². The summed E-state index contributed by atoms with van der Waals surface area (Å²) in [5, 5.41) is 2.05. The first kappa shape index (κ1) is 20.3. The van der Waals surface area contributed by atoms with Crippen molar-refractivity contribution in [3.63, 3.8) is 0 Å². The molecular weight excluding hydrogens is 400 g/mol. The van der Waals surface area contributed by atoms with E-state index in [0.29, 0.717) is 5.75 Å². The molecule has 152 valence electrons. The Balaban J connectivity index is 1.35. The van der Waals surface area contributed by atoms with Gasteiger partial charge >= 0.3 is 0 Å². The number of hydrogen-bond acceptors (Lipinski definition) is 6. The van der Waals surface area contributed by atoms with Crippen molar-refractivity contribution in [1.29, 1.82) is 0 Å². The molecule has 29 heavy (non-hydrogen) atoms. The predicted octanol–water partition coefficient (Wildman–Crippen LogP) is 4.05. The average molecular weight is 427 g/mol. The van der Waals surface area contributed by atoms with Gasteiger partial charge in [0.15, 0.2) is 0 Å². The minimum atomic E-state index is 0.198. The smallest absolute Gasteiger partial charge is 0.233 e. The lowest BCUT2D eigenvalue weighted by Gasteiger charge is -2.34. The molecule has 1 aliphatic heterocycles. The van der Waals surface area contributed by atoms with Gasteiger partial charge in [0.05, 0.1) is 5.75 Å². The maximum atomic E-state index is 12.8. The van der Waals surface area contributed by atoms with Gasteiger partial charge < -0.3 is 4.90 Å². The van der Waals surface area contributed by atoms with Crippen molar-refractivity contribution in [2.24, 2.45) is 0 Å². The number of piperazine rings is 1. The van der Waals surface area contributed by atoms with E-state index in [0.717, 1.165) is 53.8 Å². The predicted molar refractivity (Wildman–Crippen MR) is 121 cm³/mol. The summed E-state index contributed by atoms with van der Waals surface area (Å²) in [6, 6.07) is 10.5. The van der Waals surface area contributed by atoms with Crippen molar-refractivity contribution in [3.8, 4) is 0 Å².